The molecule has 2 unspecified atom stereocenters. The highest BCUT2D eigenvalue weighted by atomic mass is 19.1. The van der Waals surface area contributed by atoms with E-state index in [0.717, 1.165) is 68.5 Å². The summed E-state index contributed by atoms with van der Waals surface area (Å²) in [6, 6.07) is 7.30. The monoisotopic (exact) mass is 497 g/mol. The zero-order chi connectivity index (χ0) is 25.3. The highest BCUT2D eigenvalue weighted by Gasteiger charge is 2.30. The van der Waals surface area contributed by atoms with Gasteiger partial charge in [-0.05, 0) is 93.3 Å². The van der Waals surface area contributed by atoms with E-state index < -0.39 is 12.1 Å². The van der Waals surface area contributed by atoms with Crippen LogP contribution in [0.25, 0.3) is 10.9 Å². The number of oxazole rings is 1. The molecule has 1 saturated heterocycles. The average Bonchev–Trinajstić information content (AvgIpc) is 3.42. The second-order valence-corrected chi connectivity index (χ2v) is 9.75. The van der Waals surface area contributed by atoms with Gasteiger partial charge in [-0.15, -0.1) is 0 Å². The minimum atomic E-state index is -1.10. The molecule has 1 aliphatic rings. The van der Waals surface area contributed by atoms with E-state index in [9.17, 15) is 9.90 Å². The summed E-state index contributed by atoms with van der Waals surface area (Å²) >= 11 is 0. The van der Waals surface area contributed by atoms with Gasteiger partial charge in [0.15, 0.2) is 5.89 Å². The van der Waals surface area contributed by atoms with Gasteiger partial charge in [-0.25, -0.2) is 9.37 Å². The fraction of sp³-hybridized carbons (Fsp3) is 0.536. The van der Waals surface area contributed by atoms with Gasteiger partial charge < -0.3 is 19.2 Å². The third-order valence-electron chi connectivity index (χ3n) is 7.41. The van der Waals surface area contributed by atoms with E-state index in [1.54, 1.807) is 31.8 Å². The van der Waals surface area contributed by atoms with Gasteiger partial charge in [0.1, 0.15) is 18.2 Å². The molecular weight excluding hydrogens is 461 g/mol. The van der Waals surface area contributed by atoms with Crippen molar-refractivity contribution in [3.8, 4) is 5.75 Å². The molecule has 3 atom stereocenters. The Morgan fingerprint density at radius 1 is 1.22 bits per heavy atom. The first-order chi connectivity index (χ1) is 17.5. The molecule has 0 saturated carbocycles. The summed E-state index contributed by atoms with van der Waals surface area (Å²) in [5.41, 5.74) is 1.40. The van der Waals surface area contributed by atoms with Gasteiger partial charge >= 0.3 is 5.97 Å². The average molecular weight is 498 g/mol. The summed E-state index contributed by atoms with van der Waals surface area (Å²) in [4.78, 5) is 22.2. The van der Waals surface area contributed by atoms with Crippen molar-refractivity contribution in [1.82, 2.24) is 14.9 Å². The van der Waals surface area contributed by atoms with Gasteiger partial charge in [-0.3, -0.25) is 9.78 Å². The Labute approximate surface area is 211 Å². The van der Waals surface area contributed by atoms with Crippen LogP contribution in [-0.2, 0) is 11.2 Å². The first kappa shape index (κ1) is 26.1. The number of benzene rings is 1. The topological polar surface area (TPSA) is 88.7 Å². The lowest BCUT2D eigenvalue weighted by Gasteiger charge is -2.39. The van der Waals surface area contributed by atoms with E-state index in [4.69, 9.17) is 9.15 Å². The molecule has 1 aromatic carbocycles. The number of piperidine rings is 1. The molecule has 0 radical (unpaired) electrons. The lowest BCUT2D eigenvalue weighted by atomic mass is 9.79. The Bertz CT molecular complexity index is 1110. The number of carboxylic acids is 1. The largest absolute Gasteiger partial charge is 0.497 e. The molecule has 0 bridgehead atoms. The zero-order valence-corrected chi connectivity index (χ0v) is 20.9. The molecule has 1 aliphatic heterocycles. The van der Waals surface area contributed by atoms with E-state index in [2.05, 4.69) is 14.9 Å². The second-order valence-electron chi connectivity index (χ2n) is 9.75. The van der Waals surface area contributed by atoms with Crippen LogP contribution in [0.5, 0.6) is 5.75 Å². The predicted octanol–water partition coefficient (Wildman–Crippen LogP) is 5.85. The van der Waals surface area contributed by atoms with Gasteiger partial charge in [-0.2, -0.15) is 0 Å². The Morgan fingerprint density at radius 2 is 2.11 bits per heavy atom. The van der Waals surface area contributed by atoms with Gasteiger partial charge in [0.2, 0.25) is 0 Å². The number of carbonyl (C=O) groups is 1. The van der Waals surface area contributed by atoms with Crippen molar-refractivity contribution < 1.29 is 23.4 Å². The minimum Gasteiger partial charge on any atom is -0.497 e. The van der Waals surface area contributed by atoms with Crippen LogP contribution in [0.3, 0.4) is 0 Å². The van der Waals surface area contributed by atoms with Crippen LogP contribution >= 0.6 is 0 Å². The van der Waals surface area contributed by atoms with Crippen LogP contribution in [0.1, 0.15) is 62.6 Å². The maximum Gasteiger partial charge on any atom is 0.303 e. The smallest absolute Gasteiger partial charge is 0.303 e. The highest BCUT2D eigenvalue weighted by Crippen LogP contribution is 2.36. The fourth-order valence-electron chi connectivity index (χ4n) is 5.43. The number of carboxylic acid groups (broad SMARTS) is 1. The number of methoxy groups -OCH3 is 1. The van der Waals surface area contributed by atoms with Gasteiger partial charge in [0, 0.05) is 31.0 Å². The van der Waals surface area contributed by atoms with Crippen molar-refractivity contribution in [3.05, 3.63) is 54.4 Å². The summed E-state index contributed by atoms with van der Waals surface area (Å²) < 4.78 is 26.1. The number of alkyl halides is 1. The van der Waals surface area contributed by atoms with Crippen molar-refractivity contribution in [2.45, 2.75) is 57.5 Å². The lowest BCUT2D eigenvalue weighted by molar-refractivity contribution is -0.137. The van der Waals surface area contributed by atoms with Crippen molar-refractivity contribution in [2.75, 3.05) is 26.7 Å². The van der Waals surface area contributed by atoms with Crippen molar-refractivity contribution in [2.24, 2.45) is 11.8 Å². The number of unbranched alkanes of at least 4 members (excludes halogenated alkanes) is 1. The van der Waals surface area contributed by atoms with Crippen LogP contribution in [0.4, 0.5) is 4.39 Å². The Kier molecular flexibility index (Phi) is 9.28. The molecule has 7 nitrogen and oxygen atoms in total. The molecule has 194 valence electrons. The molecule has 0 amide bonds. The first-order valence-corrected chi connectivity index (χ1v) is 12.9. The molecule has 0 spiro atoms. The predicted molar refractivity (Wildman–Crippen MR) is 136 cm³/mol. The quantitative estimate of drug-likeness (QED) is 0.296. The van der Waals surface area contributed by atoms with Gasteiger partial charge in [0.05, 0.1) is 18.8 Å². The number of pyridine rings is 1. The first-order valence-electron chi connectivity index (χ1n) is 12.9. The SMILES string of the molecule is COc1ccc2nccc([C@@H](F)CCC3CCN(CCCCc4ncco4)CC3CCC(=O)O)c2c1. The normalized spacial score (nSPS) is 19.4. The number of hydrogen-bond acceptors (Lipinski definition) is 6. The third kappa shape index (κ3) is 7.03. The maximum absolute atomic E-state index is 15.5. The zero-order valence-electron chi connectivity index (χ0n) is 20.9. The summed E-state index contributed by atoms with van der Waals surface area (Å²) in [7, 11) is 1.60. The van der Waals surface area contributed by atoms with Crippen molar-refractivity contribution in [3.63, 3.8) is 0 Å². The number of ether oxygens (including phenoxy) is 1. The fourth-order valence-corrected chi connectivity index (χ4v) is 5.43. The van der Waals surface area contributed by atoms with Crippen LogP contribution in [0, 0.1) is 11.8 Å². The summed E-state index contributed by atoms with van der Waals surface area (Å²) in [6.45, 7) is 2.83. The summed E-state index contributed by atoms with van der Waals surface area (Å²) in [5, 5.41) is 10.0. The molecule has 0 aliphatic carbocycles. The Morgan fingerprint density at radius 3 is 2.89 bits per heavy atom. The van der Waals surface area contributed by atoms with Crippen LogP contribution in [0.15, 0.2) is 47.3 Å². The number of hydrogen-bond donors (Lipinski definition) is 1. The molecule has 8 heteroatoms. The number of aryl methyl sites for hydroxylation is 1. The van der Waals surface area contributed by atoms with E-state index in [1.165, 1.54) is 0 Å². The van der Waals surface area contributed by atoms with Crippen molar-refractivity contribution >= 4 is 16.9 Å². The molecule has 1 fully saturated rings. The van der Waals surface area contributed by atoms with E-state index in [0.29, 0.717) is 30.1 Å². The number of aromatic nitrogens is 2. The summed E-state index contributed by atoms with van der Waals surface area (Å²) in [6.07, 6.45) is 9.65. The number of nitrogens with zero attached hydrogens (tertiary/aromatic N) is 3. The molecule has 1 N–H and O–H groups in total. The van der Waals surface area contributed by atoms with Gasteiger partial charge in [-0.1, -0.05) is 0 Å². The highest BCUT2D eigenvalue weighted by molar-refractivity contribution is 5.83. The third-order valence-corrected chi connectivity index (χ3v) is 7.41. The van der Waals surface area contributed by atoms with E-state index in [-0.39, 0.29) is 12.3 Å². The standard InChI is InChI=1S/C28H36FN3O4/c1-35-22-7-9-26-24(18-22)23(11-13-30-26)25(29)8-5-20-12-16-32(19-21(20)6-10-28(33)34)15-3-2-4-27-31-14-17-36-27/h7,9,11,13-14,17-18,20-21,25H,2-6,8,10,12,15-16,19H2,1H3,(H,33,34)/t20?,21?,25-/m0/s1. The number of likely N-dealkylation sites (tertiary alicyclic amines) is 1. The van der Waals surface area contributed by atoms with Crippen LogP contribution in [-0.4, -0.2) is 52.7 Å². The minimum absolute atomic E-state index is 0.160. The molecule has 4 rings (SSSR count). The van der Waals surface area contributed by atoms with E-state index >= 15 is 4.39 Å². The molecule has 36 heavy (non-hydrogen) atoms. The van der Waals surface area contributed by atoms with Gasteiger partial charge in [0.25, 0.3) is 0 Å². The molecule has 3 aromatic rings. The van der Waals surface area contributed by atoms with Crippen molar-refractivity contribution in [1.29, 1.82) is 0 Å². The number of halogens is 1. The Balaban J connectivity index is 1.33. The van der Waals surface area contributed by atoms with E-state index in [1.807, 2.05) is 18.2 Å². The molecule has 2 aromatic heterocycles. The number of aliphatic carboxylic acids is 1. The maximum atomic E-state index is 15.5. The number of rotatable bonds is 13. The Hall–Kier alpha value is -3.00. The van der Waals surface area contributed by atoms with Crippen LogP contribution in [0.2, 0.25) is 0 Å². The molecular formula is C28H36FN3O4. The number of fused-ring (bicyclic) bond motifs is 1. The summed E-state index contributed by atoms with van der Waals surface area (Å²) in [5.74, 6) is 1.29. The molecule has 3 heterocycles. The van der Waals surface area contributed by atoms with Crippen LogP contribution < -0.4 is 4.74 Å². The second kappa shape index (κ2) is 12.8. The lowest BCUT2D eigenvalue weighted by Crippen LogP contribution is -2.41.